The largest absolute Gasteiger partial charge is 0.454 e. The predicted octanol–water partition coefficient (Wildman–Crippen LogP) is 3.29. The van der Waals surface area contributed by atoms with E-state index in [0.717, 1.165) is 35.6 Å². The van der Waals surface area contributed by atoms with E-state index >= 15 is 0 Å². The Hall–Kier alpha value is -2.53. The molecule has 0 unspecified atom stereocenters. The number of benzene rings is 2. The van der Waals surface area contributed by atoms with Gasteiger partial charge in [-0.2, -0.15) is 0 Å². The van der Waals surface area contributed by atoms with E-state index in [1.165, 1.54) is 16.7 Å². The van der Waals surface area contributed by atoms with Crippen LogP contribution in [0.5, 0.6) is 11.5 Å². The van der Waals surface area contributed by atoms with Crippen molar-refractivity contribution in [3.8, 4) is 11.5 Å². The molecule has 0 bridgehead atoms. The molecular weight excluding hydrogens is 320 g/mol. The summed E-state index contributed by atoms with van der Waals surface area (Å²) >= 11 is 5.47. The summed E-state index contributed by atoms with van der Waals surface area (Å²) in [7, 11) is 0. The number of rotatable bonds is 1. The second-order valence-electron chi connectivity index (χ2n) is 6.20. The molecule has 0 amide bonds. The van der Waals surface area contributed by atoms with Gasteiger partial charge in [-0.05, 0) is 53.9 Å². The summed E-state index contributed by atoms with van der Waals surface area (Å²) in [5.74, 6) is 1.61. The normalized spacial score (nSPS) is 20.8. The molecule has 120 valence electrons. The van der Waals surface area contributed by atoms with Crippen LogP contribution in [0, 0.1) is 0 Å². The number of aryl methyl sites for hydroxylation is 1. The van der Waals surface area contributed by atoms with Gasteiger partial charge in [-0.15, -0.1) is 0 Å². The molecule has 1 aliphatic carbocycles. The summed E-state index contributed by atoms with van der Waals surface area (Å²) < 4.78 is 11.0. The molecular formula is C19H16N2O2S. The lowest BCUT2D eigenvalue weighted by atomic mass is 9.83. The van der Waals surface area contributed by atoms with Gasteiger partial charge < -0.3 is 20.1 Å². The molecule has 2 aromatic rings. The Labute approximate surface area is 145 Å². The molecule has 2 aromatic carbocycles. The van der Waals surface area contributed by atoms with Gasteiger partial charge in [-0.3, -0.25) is 0 Å². The zero-order chi connectivity index (χ0) is 16.1. The van der Waals surface area contributed by atoms with E-state index in [4.69, 9.17) is 21.7 Å². The van der Waals surface area contributed by atoms with Crippen molar-refractivity contribution in [3.05, 3.63) is 64.7 Å². The summed E-state index contributed by atoms with van der Waals surface area (Å²) in [6.07, 6.45) is 2.06. The highest BCUT2D eigenvalue weighted by Gasteiger charge is 2.31. The van der Waals surface area contributed by atoms with E-state index in [2.05, 4.69) is 47.0 Å². The van der Waals surface area contributed by atoms with Gasteiger partial charge in [0.1, 0.15) is 0 Å². The van der Waals surface area contributed by atoms with Gasteiger partial charge in [0.15, 0.2) is 16.6 Å². The molecule has 0 saturated heterocycles. The van der Waals surface area contributed by atoms with Crippen molar-refractivity contribution in [2.24, 2.45) is 0 Å². The van der Waals surface area contributed by atoms with Crippen LogP contribution in [0.3, 0.4) is 0 Å². The lowest BCUT2D eigenvalue weighted by Gasteiger charge is -2.35. The van der Waals surface area contributed by atoms with E-state index in [-0.39, 0.29) is 12.8 Å². The topological polar surface area (TPSA) is 42.5 Å². The Morgan fingerprint density at radius 1 is 1.00 bits per heavy atom. The number of nitrogens with one attached hydrogen (secondary N) is 2. The first kappa shape index (κ1) is 13.9. The van der Waals surface area contributed by atoms with Crippen molar-refractivity contribution >= 4 is 23.0 Å². The number of ether oxygens (including phenoxy) is 2. The summed E-state index contributed by atoms with van der Waals surface area (Å²) in [6.45, 7) is 0.290. The average molecular weight is 336 g/mol. The molecule has 0 spiro atoms. The number of fused-ring (bicyclic) bond motifs is 3. The molecule has 3 aliphatic rings. The van der Waals surface area contributed by atoms with Crippen molar-refractivity contribution in [2.45, 2.75) is 18.9 Å². The van der Waals surface area contributed by atoms with E-state index in [1.807, 2.05) is 6.07 Å². The van der Waals surface area contributed by atoms with Crippen LogP contribution >= 0.6 is 12.2 Å². The van der Waals surface area contributed by atoms with Gasteiger partial charge in [-0.1, -0.05) is 30.3 Å². The third-order valence-electron chi connectivity index (χ3n) is 4.86. The van der Waals surface area contributed by atoms with Crippen LogP contribution in [0.1, 0.15) is 29.2 Å². The van der Waals surface area contributed by atoms with Gasteiger partial charge >= 0.3 is 0 Å². The highest BCUT2D eigenvalue weighted by atomic mass is 32.1. The first-order valence-corrected chi connectivity index (χ1v) is 8.49. The maximum absolute atomic E-state index is 5.53. The monoisotopic (exact) mass is 336 g/mol. The Morgan fingerprint density at radius 3 is 2.83 bits per heavy atom. The van der Waals surface area contributed by atoms with Gasteiger partial charge in [-0.25, -0.2) is 0 Å². The van der Waals surface area contributed by atoms with Crippen molar-refractivity contribution in [1.29, 1.82) is 0 Å². The van der Waals surface area contributed by atoms with Crippen LogP contribution in [0.4, 0.5) is 0 Å². The number of hydrogen-bond donors (Lipinski definition) is 2. The molecule has 0 saturated carbocycles. The Morgan fingerprint density at radius 2 is 1.88 bits per heavy atom. The highest BCUT2D eigenvalue weighted by Crippen LogP contribution is 2.41. The van der Waals surface area contributed by atoms with E-state index in [9.17, 15) is 0 Å². The fourth-order valence-electron chi connectivity index (χ4n) is 3.73. The maximum atomic E-state index is 5.53. The molecule has 24 heavy (non-hydrogen) atoms. The zero-order valence-electron chi connectivity index (χ0n) is 13.0. The lowest BCUT2D eigenvalue weighted by molar-refractivity contribution is 0.174. The minimum absolute atomic E-state index is 0.0663. The van der Waals surface area contributed by atoms with Crippen LogP contribution < -0.4 is 20.1 Å². The second-order valence-corrected chi connectivity index (χ2v) is 6.61. The summed E-state index contributed by atoms with van der Waals surface area (Å²) in [5.41, 5.74) is 6.28. The molecule has 1 atom stereocenters. The summed E-state index contributed by atoms with van der Waals surface area (Å²) in [6, 6.07) is 14.7. The fraction of sp³-hybridized carbons (Fsp3) is 0.211. The smallest absolute Gasteiger partial charge is 0.231 e. The van der Waals surface area contributed by atoms with Crippen LogP contribution in [0.2, 0.25) is 0 Å². The number of thiocarbonyl (C=S) groups is 1. The SMILES string of the molecule is S=C1NC2=C(CCc3ccccc32)[C@H](c2ccc3c(c2)OCO3)N1. The first-order chi connectivity index (χ1) is 11.8. The number of hydrogen-bond acceptors (Lipinski definition) is 3. The van der Waals surface area contributed by atoms with Crippen molar-refractivity contribution in [2.75, 3.05) is 6.79 Å². The Kier molecular flexibility index (Phi) is 3.03. The molecule has 2 heterocycles. The Bertz CT molecular complexity index is 891. The third kappa shape index (κ3) is 2.08. The van der Waals surface area contributed by atoms with Crippen LogP contribution in [-0.2, 0) is 6.42 Å². The molecule has 4 nitrogen and oxygen atoms in total. The molecule has 0 aromatic heterocycles. The van der Waals surface area contributed by atoms with Crippen LogP contribution in [0.15, 0.2) is 48.0 Å². The van der Waals surface area contributed by atoms with E-state index in [1.54, 1.807) is 0 Å². The average Bonchev–Trinajstić information content (AvgIpc) is 3.08. The van der Waals surface area contributed by atoms with Crippen LogP contribution in [-0.4, -0.2) is 11.9 Å². The summed E-state index contributed by atoms with van der Waals surface area (Å²) in [4.78, 5) is 0. The minimum Gasteiger partial charge on any atom is -0.454 e. The minimum atomic E-state index is 0.0663. The van der Waals surface area contributed by atoms with Crippen molar-refractivity contribution < 1.29 is 9.47 Å². The molecule has 2 N–H and O–H groups in total. The lowest BCUT2D eigenvalue weighted by Crippen LogP contribution is -2.44. The summed E-state index contributed by atoms with van der Waals surface area (Å²) in [5, 5.41) is 7.45. The molecule has 5 rings (SSSR count). The van der Waals surface area contributed by atoms with Gasteiger partial charge in [0.05, 0.1) is 6.04 Å². The molecule has 2 aliphatic heterocycles. The highest BCUT2D eigenvalue weighted by molar-refractivity contribution is 7.80. The molecule has 0 fully saturated rings. The quantitative estimate of drug-likeness (QED) is 0.782. The third-order valence-corrected chi connectivity index (χ3v) is 5.08. The van der Waals surface area contributed by atoms with Gasteiger partial charge in [0.25, 0.3) is 0 Å². The Balaban J connectivity index is 1.63. The van der Waals surface area contributed by atoms with Gasteiger partial charge in [0.2, 0.25) is 6.79 Å². The predicted molar refractivity (Wildman–Crippen MR) is 95.9 cm³/mol. The second kappa shape index (κ2) is 5.24. The van der Waals surface area contributed by atoms with Crippen molar-refractivity contribution in [1.82, 2.24) is 10.6 Å². The van der Waals surface area contributed by atoms with Gasteiger partial charge in [0, 0.05) is 11.3 Å². The van der Waals surface area contributed by atoms with Crippen LogP contribution in [0.25, 0.3) is 5.70 Å². The molecule has 0 radical (unpaired) electrons. The maximum Gasteiger partial charge on any atom is 0.231 e. The standard InChI is InChI=1S/C19H16N2O2S/c24-19-20-17(12-6-8-15-16(9-12)23-10-22-15)14-7-5-11-3-1-2-4-13(11)18(14)21-19/h1-4,6,8-9,17H,5,7,10H2,(H2,20,21,24)/t17-/m0/s1. The first-order valence-electron chi connectivity index (χ1n) is 8.08. The van der Waals surface area contributed by atoms with E-state index in [0.29, 0.717) is 5.11 Å². The van der Waals surface area contributed by atoms with E-state index < -0.39 is 0 Å². The fourth-order valence-corrected chi connectivity index (χ4v) is 3.95. The van der Waals surface area contributed by atoms with Crippen molar-refractivity contribution in [3.63, 3.8) is 0 Å². The molecule has 5 heteroatoms. The zero-order valence-corrected chi connectivity index (χ0v) is 13.8.